The van der Waals surface area contributed by atoms with E-state index in [2.05, 4.69) is 36.1 Å². The Morgan fingerprint density at radius 2 is 2.00 bits per heavy atom. The second kappa shape index (κ2) is 6.79. The van der Waals surface area contributed by atoms with E-state index < -0.39 is 0 Å². The maximum atomic E-state index is 12.2. The Labute approximate surface area is 135 Å². The van der Waals surface area contributed by atoms with E-state index in [0.29, 0.717) is 0 Å². The van der Waals surface area contributed by atoms with Crippen molar-refractivity contribution in [2.75, 3.05) is 31.1 Å². The number of hydrogen-bond acceptors (Lipinski definition) is 3. The molecule has 0 atom stereocenters. The minimum absolute atomic E-state index is 0.107. The van der Waals surface area contributed by atoms with Crippen molar-refractivity contribution in [1.82, 2.24) is 4.90 Å². The summed E-state index contributed by atoms with van der Waals surface area (Å²) in [5.74, 6) is 0.107. The lowest BCUT2D eigenvalue weighted by atomic mass is 10.2. The van der Waals surface area contributed by atoms with Gasteiger partial charge in [-0.1, -0.05) is 12.1 Å². The number of carbonyl (C=O) groups is 1. The zero-order valence-corrected chi connectivity index (χ0v) is 13.6. The van der Waals surface area contributed by atoms with E-state index in [1.54, 1.807) is 17.4 Å². The zero-order chi connectivity index (χ0) is 15.4. The van der Waals surface area contributed by atoms with Crippen LogP contribution in [0.4, 0.5) is 5.69 Å². The Kier molecular flexibility index (Phi) is 4.59. The first-order valence-electron chi connectivity index (χ1n) is 7.53. The van der Waals surface area contributed by atoms with Gasteiger partial charge < -0.3 is 9.80 Å². The van der Waals surface area contributed by atoms with Crippen LogP contribution in [0.15, 0.2) is 47.2 Å². The number of piperazine rings is 1. The van der Waals surface area contributed by atoms with Crippen LogP contribution < -0.4 is 4.90 Å². The van der Waals surface area contributed by atoms with Crippen LogP contribution in [-0.4, -0.2) is 37.0 Å². The maximum absolute atomic E-state index is 12.2. The lowest BCUT2D eigenvalue weighted by Crippen LogP contribution is -2.48. The van der Waals surface area contributed by atoms with Crippen LogP contribution >= 0.6 is 11.3 Å². The van der Waals surface area contributed by atoms with Crippen molar-refractivity contribution < 1.29 is 4.79 Å². The van der Waals surface area contributed by atoms with E-state index in [0.717, 1.165) is 31.7 Å². The first kappa shape index (κ1) is 14.9. The van der Waals surface area contributed by atoms with Gasteiger partial charge in [-0.25, -0.2) is 0 Å². The summed E-state index contributed by atoms with van der Waals surface area (Å²) < 4.78 is 0. The van der Waals surface area contributed by atoms with E-state index in [1.165, 1.54) is 11.3 Å². The Bertz CT molecular complexity index is 655. The van der Waals surface area contributed by atoms with E-state index in [1.807, 2.05) is 27.8 Å². The molecule has 22 heavy (non-hydrogen) atoms. The molecule has 114 valence electrons. The van der Waals surface area contributed by atoms with Crippen LogP contribution in [0.5, 0.6) is 0 Å². The molecule has 0 saturated carbocycles. The van der Waals surface area contributed by atoms with Gasteiger partial charge in [0.05, 0.1) is 0 Å². The highest BCUT2D eigenvalue weighted by Crippen LogP contribution is 2.18. The van der Waals surface area contributed by atoms with Gasteiger partial charge in [-0.05, 0) is 53.1 Å². The van der Waals surface area contributed by atoms with Crippen molar-refractivity contribution in [3.05, 3.63) is 58.3 Å². The fourth-order valence-electron chi connectivity index (χ4n) is 2.65. The van der Waals surface area contributed by atoms with Crippen molar-refractivity contribution in [3.8, 4) is 0 Å². The fourth-order valence-corrected chi connectivity index (χ4v) is 3.28. The first-order valence-corrected chi connectivity index (χ1v) is 8.47. The molecule has 0 bridgehead atoms. The number of hydrogen-bond donors (Lipinski definition) is 0. The lowest BCUT2D eigenvalue weighted by molar-refractivity contribution is -0.126. The van der Waals surface area contributed by atoms with Crippen molar-refractivity contribution in [1.29, 1.82) is 0 Å². The number of rotatable bonds is 3. The monoisotopic (exact) mass is 312 g/mol. The summed E-state index contributed by atoms with van der Waals surface area (Å²) in [7, 11) is 0. The lowest BCUT2D eigenvalue weighted by Gasteiger charge is -2.35. The summed E-state index contributed by atoms with van der Waals surface area (Å²) >= 11 is 1.64. The molecule has 1 aromatic carbocycles. The average Bonchev–Trinajstić information content (AvgIpc) is 3.06. The summed E-state index contributed by atoms with van der Waals surface area (Å²) in [5.41, 5.74) is 3.62. The molecule has 1 saturated heterocycles. The third-order valence-corrected chi connectivity index (χ3v) is 4.62. The number of amides is 1. The fraction of sp³-hybridized carbons (Fsp3) is 0.278. The van der Waals surface area contributed by atoms with Gasteiger partial charge in [0, 0.05) is 37.9 Å². The molecule has 1 fully saturated rings. The van der Waals surface area contributed by atoms with Crippen molar-refractivity contribution in [3.63, 3.8) is 0 Å². The predicted molar refractivity (Wildman–Crippen MR) is 93.3 cm³/mol. The minimum atomic E-state index is 0.107. The first-order chi connectivity index (χ1) is 10.7. The highest BCUT2D eigenvalue weighted by molar-refractivity contribution is 7.08. The van der Waals surface area contributed by atoms with Crippen LogP contribution in [0.2, 0.25) is 0 Å². The van der Waals surface area contributed by atoms with Crippen LogP contribution in [-0.2, 0) is 4.79 Å². The summed E-state index contributed by atoms with van der Waals surface area (Å²) in [6.45, 7) is 5.45. The maximum Gasteiger partial charge on any atom is 0.246 e. The normalized spacial score (nSPS) is 15.5. The topological polar surface area (TPSA) is 23.6 Å². The Morgan fingerprint density at radius 1 is 1.18 bits per heavy atom. The summed E-state index contributed by atoms with van der Waals surface area (Å²) in [5, 5.41) is 4.06. The van der Waals surface area contributed by atoms with Crippen LogP contribution in [0, 0.1) is 6.92 Å². The summed E-state index contributed by atoms with van der Waals surface area (Å²) in [4.78, 5) is 16.5. The van der Waals surface area contributed by atoms with Crippen molar-refractivity contribution in [2.24, 2.45) is 0 Å². The van der Waals surface area contributed by atoms with Crippen LogP contribution in [0.25, 0.3) is 6.08 Å². The average molecular weight is 312 g/mol. The van der Waals surface area contributed by atoms with E-state index >= 15 is 0 Å². The van der Waals surface area contributed by atoms with Crippen LogP contribution in [0.1, 0.15) is 11.1 Å². The minimum Gasteiger partial charge on any atom is -0.368 e. The smallest absolute Gasteiger partial charge is 0.246 e. The predicted octanol–water partition coefficient (Wildman–Crippen LogP) is 3.42. The van der Waals surface area contributed by atoms with Crippen molar-refractivity contribution in [2.45, 2.75) is 6.92 Å². The molecule has 0 unspecified atom stereocenters. The molecule has 2 heterocycles. The van der Waals surface area contributed by atoms with Gasteiger partial charge in [0.1, 0.15) is 0 Å². The van der Waals surface area contributed by atoms with Gasteiger partial charge in [0.2, 0.25) is 5.91 Å². The molecule has 1 aliphatic rings. The number of nitrogens with zero attached hydrogens (tertiary/aromatic N) is 2. The van der Waals surface area contributed by atoms with Crippen LogP contribution in [0.3, 0.4) is 0 Å². The van der Waals surface area contributed by atoms with Gasteiger partial charge in [-0.2, -0.15) is 11.3 Å². The van der Waals surface area contributed by atoms with E-state index in [-0.39, 0.29) is 5.91 Å². The third kappa shape index (κ3) is 3.57. The number of anilines is 1. The Morgan fingerprint density at radius 3 is 2.68 bits per heavy atom. The number of carbonyl (C=O) groups excluding carboxylic acids is 1. The van der Waals surface area contributed by atoms with Gasteiger partial charge >= 0.3 is 0 Å². The molecule has 1 aromatic heterocycles. The molecule has 3 rings (SSSR count). The number of benzene rings is 1. The second-order valence-corrected chi connectivity index (χ2v) is 6.32. The van der Waals surface area contributed by atoms with Gasteiger partial charge in [-0.15, -0.1) is 0 Å². The quantitative estimate of drug-likeness (QED) is 0.811. The van der Waals surface area contributed by atoms with E-state index in [4.69, 9.17) is 0 Å². The standard InChI is InChI=1S/C18H20N2OS/c1-15-3-2-4-17(13-15)19-8-10-20(11-9-19)18(21)6-5-16-7-12-22-14-16/h2-7,12-14H,8-11H2,1H3/b6-5+. The summed E-state index contributed by atoms with van der Waals surface area (Å²) in [6.07, 6.45) is 3.58. The molecule has 1 amide bonds. The highest BCUT2D eigenvalue weighted by atomic mass is 32.1. The molecule has 4 heteroatoms. The summed E-state index contributed by atoms with van der Waals surface area (Å²) in [6, 6.07) is 10.6. The molecule has 1 aliphatic heterocycles. The molecule has 0 N–H and O–H groups in total. The zero-order valence-electron chi connectivity index (χ0n) is 12.7. The van der Waals surface area contributed by atoms with Gasteiger partial charge in [-0.3, -0.25) is 4.79 Å². The van der Waals surface area contributed by atoms with Gasteiger partial charge in [0.15, 0.2) is 0 Å². The van der Waals surface area contributed by atoms with Crippen molar-refractivity contribution >= 4 is 29.0 Å². The highest BCUT2D eigenvalue weighted by Gasteiger charge is 2.19. The molecular formula is C18H20N2OS. The third-order valence-electron chi connectivity index (χ3n) is 3.92. The second-order valence-electron chi connectivity index (χ2n) is 5.54. The Hall–Kier alpha value is -2.07. The van der Waals surface area contributed by atoms with E-state index in [9.17, 15) is 4.79 Å². The van der Waals surface area contributed by atoms with Gasteiger partial charge in [0.25, 0.3) is 0 Å². The number of thiophene rings is 1. The Balaban J connectivity index is 1.56. The number of aryl methyl sites for hydroxylation is 1. The molecular weight excluding hydrogens is 292 g/mol. The molecule has 2 aromatic rings. The molecule has 3 nitrogen and oxygen atoms in total. The molecule has 0 spiro atoms. The largest absolute Gasteiger partial charge is 0.368 e. The SMILES string of the molecule is Cc1cccc(N2CCN(C(=O)/C=C/c3ccsc3)CC2)c1. The molecule has 0 radical (unpaired) electrons. The molecule has 0 aliphatic carbocycles.